The molecule has 0 unspecified atom stereocenters. The first-order chi connectivity index (χ1) is 9.65. The van der Waals surface area contributed by atoms with Crippen LogP contribution in [-0.4, -0.2) is 78.2 Å². The van der Waals surface area contributed by atoms with Crippen molar-refractivity contribution in [3.8, 4) is 0 Å². The molecule has 0 aliphatic carbocycles. The summed E-state index contributed by atoms with van der Waals surface area (Å²) in [6, 6.07) is 0.925. The molecule has 0 aromatic rings. The fourth-order valence-corrected chi connectivity index (χ4v) is 5.19. The van der Waals surface area contributed by atoms with Crippen molar-refractivity contribution in [1.29, 1.82) is 0 Å². The Morgan fingerprint density at radius 1 is 0.850 bits per heavy atom. The number of nitrogens with zero attached hydrogens (tertiary/aromatic N) is 2. The monoisotopic (exact) mass is 304 g/mol. The van der Waals surface area contributed by atoms with Gasteiger partial charge in [0.1, 0.15) is 0 Å². The third-order valence-electron chi connectivity index (χ3n) is 3.65. The molecule has 1 heterocycles. The summed E-state index contributed by atoms with van der Waals surface area (Å²) in [5.74, 6) is 0. The molecule has 5 nitrogen and oxygen atoms in total. The van der Waals surface area contributed by atoms with Crippen LogP contribution in [0.2, 0.25) is 6.04 Å². The van der Waals surface area contributed by atoms with E-state index in [-0.39, 0.29) is 0 Å². The van der Waals surface area contributed by atoms with Crippen LogP contribution in [0.3, 0.4) is 0 Å². The van der Waals surface area contributed by atoms with Crippen molar-refractivity contribution < 1.29 is 13.3 Å². The Morgan fingerprint density at radius 3 is 1.80 bits per heavy atom. The maximum absolute atomic E-state index is 5.88. The van der Waals surface area contributed by atoms with Gasteiger partial charge in [0.2, 0.25) is 0 Å². The Morgan fingerprint density at radius 2 is 1.35 bits per heavy atom. The van der Waals surface area contributed by atoms with E-state index in [4.69, 9.17) is 13.3 Å². The lowest BCUT2D eigenvalue weighted by Gasteiger charge is -2.33. The SMILES string of the molecule is CCO[Si](CCCN1CCN(C)CC1)(OCC)OCC. The predicted molar refractivity (Wildman–Crippen MR) is 84.0 cm³/mol. The van der Waals surface area contributed by atoms with Crippen LogP contribution >= 0.6 is 0 Å². The van der Waals surface area contributed by atoms with Gasteiger partial charge >= 0.3 is 8.80 Å². The molecule has 0 spiro atoms. The second-order valence-electron chi connectivity index (χ2n) is 5.23. The van der Waals surface area contributed by atoms with E-state index < -0.39 is 8.80 Å². The topological polar surface area (TPSA) is 34.2 Å². The van der Waals surface area contributed by atoms with Crippen LogP contribution in [0.5, 0.6) is 0 Å². The Kier molecular flexibility index (Phi) is 8.91. The standard InChI is InChI=1S/C14H32N2O3Si/c1-5-17-20(18-6-2,19-7-3)14-8-9-16-12-10-15(4)11-13-16/h5-14H2,1-4H3. The molecule has 1 aliphatic rings. The van der Waals surface area contributed by atoms with Crippen molar-refractivity contribution in [1.82, 2.24) is 9.80 Å². The Bertz CT molecular complexity index is 232. The van der Waals surface area contributed by atoms with E-state index in [0.29, 0.717) is 19.8 Å². The molecule has 0 radical (unpaired) electrons. The van der Waals surface area contributed by atoms with Gasteiger partial charge in [-0.05, 0) is 40.8 Å². The largest absolute Gasteiger partial charge is 0.500 e. The third-order valence-corrected chi connectivity index (χ3v) is 6.80. The predicted octanol–water partition coefficient (Wildman–Crippen LogP) is 1.67. The normalized spacial score (nSPS) is 18.6. The van der Waals surface area contributed by atoms with Crippen LogP contribution < -0.4 is 0 Å². The van der Waals surface area contributed by atoms with Gasteiger partial charge < -0.3 is 23.1 Å². The quantitative estimate of drug-likeness (QED) is 0.574. The highest BCUT2D eigenvalue weighted by Crippen LogP contribution is 2.18. The fraction of sp³-hybridized carbons (Fsp3) is 1.00. The lowest BCUT2D eigenvalue weighted by Crippen LogP contribution is -2.48. The first-order valence-electron chi connectivity index (χ1n) is 7.98. The smallest absolute Gasteiger partial charge is 0.374 e. The highest BCUT2D eigenvalue weighted by Gasteiger charge is 2.39. The highest BCUT2D eigenvalue weighted by atomic mass is 28.4. The zero-order valence-corrected chi connectivity index (χ0v) is 14.7. The van der Waals surface area contributed by atoms with Gasteiger partial charge in [0.05, 0.1) is 0 Å². The maximum atomic E-state index is 5.88. The zero-order valence-electron chi connectivity index (χ0n) is 13.7. The Labute approximate surface area is 125 Å². The number of piperazine rings is 1. The summed E-state index contributed by atoms with van der Waals surface area (Å²) in [5.41, 5.74) is 0. The zero-order chi connectivity index (χ0) is 14.8. The van der Waals surface area contributed by atoms with E-state index in [1.807, 2.05) is 20.8 Å². The first kappa shape index (κ1) is 18.1. The van der Waals surface area contributed by atoms with Crippen molar-refractivity contribution in [2.24, 2.45) is 0 Å². The molecule has 0 N–H and O–H groups in total. The van der Waals surface area contributed by atoms with Crippen molar-refractivity contribution in [3.63, 3.8) is 0 Å². The van der Waals surface area contributed by atoms with Crippen LogP contribution in [0.15, 0.2) is 0 Å². The molecular weight excluding hydrogens is 272 g/mol. The van der Waals surface area contributed by atoms with Gasteiger partial charge in [0.15, 0.2) is 0 Å². The lowest BCUT2D eigenvalue weighted by atomic mass is 10.3. The summed E-state index contributed by atoms with van der Waals surface area (Å²) in [4.78, 5) is 4.92. The van der Waals surface area contributed by atoms with Crippen LogP contribution in [-0.2, 0) is 13.3 Å². The van der Waals surface area contributed by atoms with Gasteiger partial charge in [-0.1, -0.05) is 0 Å². The molecule has 20 heavy (non-hydrogen) atoms. The fourth-order valence-electron chi connectivity index (χ4n) is 2.59. The molecule has 0 saturated carbocycles. The van der Waals surface area contributed by atoms with Crippen LogP contribution in [0.4, 0.5) is 0 Å². The van der Waals surface area contributed by atoms with Gasteiger partial charge in [0.25, 0.3) is 0 Å². The van der Waals surface area contributed by atoms with Gasteiger partial charge in [-0.25, -0.2) is 0 Å². The van der Waals surface area contributed by atoms with E-state index in [0.717, 1.165) is 19.0 Å². The average molecular weight is 305 g/mol. The second kappa shape index (κ2) is 9.86. The number of likely N-dealkylation sites (N-methyl/N-ethyl adjacent to an activating group) is 1. The molecular formula is C14H32N2O3Si. The average Bonchev–Trinajstić information content (AvgIpc) is 2.42. The molecule has 1 rings (SSSR count). The summed E-state index contributed by atoms with van der Waals surface area (Å²) in [6.45, 7) is 13.8. The van der Waals surface area contributed by atoms with Crippen molar-refractivity contribution in [2.75, 3.05) is 59.6 Å². The molecule has 1 fully saturated rings. The highest BCUT2D eigenvalue weighted by molar-refractivity contribution is 6.60. The summed E-state index contributed by atoms with van der Waals surface area (Å²) < 4.78 is 17.7. The number of rotatable bonds is 10. The lowest BCUT2D eigenvalue weighted by molar-refractivity contribution is 0.0691. The first-order valence-corrected chi connectivity index (χ1v) is 9.91. The Hall–Kier alpha value is 0.0169. The van der Waals surface area contributed by atoms with E-state index in [1.54, 1.807) is 0 Å². The van der Waals surface area contributed by atoms with E-state index in [1.165, 1.54) is 26.2 Å². The van der Waals surface area contributed by atoms with Crippen LogP contribution in [0, 0.1) is 0 Å². The second-order valence-corrected chi connectivity index (χ2v) is 7.96. The molecule has 120 valence electrons. The van der Waals surface area contributed by atoms with Crippen LogP contribution in [0.1, 0.15) is 27.2 Å². The van der Waals surface area contributed by atoms with Crippen molar-refractivity contribution >= 4 is 8.80 Å². The summed E-state index contributed by atoms with van der Waals surface area (Å²) in [6.07, 6.45) is 1.09. The third kappa shape index (κ3) is 6.20. The molecule has 1 saturated heterocycles. The minimum absolute atomic E-state index is 0.667. The number of hydrogen-bond donors (Lipinski definition) is 0. The van der Waals surface area contributed by atoms with E-state index >= 15 is 0 Å². The molecule has 6 heteroatoms. The summed E-state index contributed by atoms with van der Waals surface area (Å²) in [5, 5.41) is 0. The summed E-state index contributed by atoms with van der Waals surface area (Å²) in [7, 11) is -0.242. The van der Waals surface area contributed by atoms with Crippen LogP contribution in [0.25, 0.3) is 0 Å². The van der Waals surface area contributed by atoms with Gasteiger partial charge in [-0.3, -0.25) is 0 Å². The molecule has 0 aromatic carbocycles. The molecule has 1 aliphatic heterocycles. The van der Waals surface area contributed by atoms with Gasteiger partial charge in [-0.15, -0.1) is 0 Å². The number of hydrogen-bond acceptors (Lipinski definition) is 5. The van der Waals surface area contributed by atoms with Gasteiger partial charge in [0, 0.05) is 52.0 Å². The van der Waals surface area contributed by atoms with Crippen molar-refractivity contribution in [3.05, 3.63) is 0 Å². The molecule has 0 atom stereocenters. The molecule has 0 aromatic heterocycles. The Balaban J connectivity index is 2.36. The van der Waals surface area contributed by atoms with E-state index in [9.17, 15) is 0 Å². The van der Waals surface area contributed by atoms with E-state index in [2.05, 4.69) is 16.8 Å². The minimum atomic E-state index is -2.43. The summed E-state index contributed by atoms with van der Waals surface area (Å²) >= 11 is 0. The molecule has 0 bridgehead atoms. The molecule has 0 amide bonds. The maximum Gasteiger partial charge on any atom is 0.500 e. The van der Waals surface area contributed by atoms with Crippen molar-refractivity contribution in [2.45, 2.75) is 33.2 Å². The minimum Gasteiger partial charge on any atom is -0.374 e. The van der Waals surface area contributed by atoms with Gasteiger partial charge in [-0.2, -0.15) is 0 Å².